The first-order chi connectivity index (χ1) is 9.25. The summed E-state index contributed by atoms with van der Waals surface area (Å²) in [6, 6.07) is 15.4. The van der Waals surface area contributed by atoms with Gasteiger partial charge in [-0.2, -0.15) is 4.98 Å². The lowest BCUT2D eigenvalue weighted by Gasteiger charge is -2.03. The van der Waals surface area contributed by atoms with E-state index in [1.807, 2.05) is 55.5 Å². The van der Waals surface area contributed by atoms with Crippen LogP contribution in [0.25, 0.3) is 22.8 Å². The number of hydrogen-bond acceptors (Lipinski definition) is 4. The lowest BCUT2D eigenvalue weighted by atomic mass is 10.1. The van der Waals surface area contributed by atoms with Crippen molar-refractivity contribution < 1.29 is 4.52 Å². The highest BCUT2D eigenvalue weighted by Gasteiger charge is 2.14. The van der Waals surface area contributed by atoms with Gasteiger partial charge in [0.15, 0.2) is 0 Å². The highest BCUT2D eigenvalue weighted by atomic mass is 16.5. The van der Waals surface area contributed by atoms with E-state index in [0.717, 1.165) is 16.7 Å². The SMILES string of the molecule is Cc1cccc(N)c1-c1nc(-c2ccccc2)no1. The molecule has 0 atom stereocenters. The predicted molar refractivity (Wildman–Crippen MR) is 74.3 cm³/mol. The number of aryl methyl sites for hydroxylation is 1. The number of benzene rings is 2. The van der Waals surface area contributed by atoms with E-state index in [1.165, 1.54) is 0 Å². The molecular formula is C15H13N3O. The minimum absolute atomic E-state index is 0.453. The van der Waals surface area contributed by atoms with Gasteiger partial charge in [0.2, 0.25) is 5.82 Å². The Morgan fingerprint density at radius 1 is 1.00 bits per heavy atom. The summed E-state index contributed by atoms with van der Waals surface area (Å²) in [5, 5.41) is 4.00. The van der Waals surface area contributed by atoms with Gasteiger partial charge in [-0.1, -0.05) is 47.6 Å². The van der Waals surface area contributed by atoms with Crippen LogP contribution in [0.5, 0.6) is 0 Å². The minimum atomic E-state index is 0.453. The monoisotopic (exact) mass is 251 g/mol. The molecule has 0 unspecified atom stereocenters. The molecule has 1 heterocycles. The van der Waals surface area contributed by atoms with Crippen LogP contribution in [0.15, 0.2) is 53.1 Å². The summed E-state index contributed by atoms with van der Waals surface area (Å²) >= 11 is 0. The Morgan fingerprint density at radius 2 is 1.79 bits per heavy atom. The number of hydrogen-bond donors (Lipinski definition) is 1. The summed E-state index contributed by atoms with van der Waals surface area (Å²) in [5.74, 6) is 1.02. The molecular weight excluding hydrogens is 238 g/mol. The summed E-state index contributed by atoms with van der Waals surface area (Å²) in [7, 11) is 0. The summed E-state index contributed by atoms with van der Waals surface area (Å²) in [6.07, 6.45) is 0. The lowest BCUT2D eigenvalue weighted by Crippen LogP contribution is -1.92. The average molecular weight is 251 g/mol. The Hall–Kier alpha value is -2.62. The molecule has 1 aromatic heterocycles. The molecule has 4 nitrogen and oxygen atoms in total. The van der Waals surface area contributed by atoms with E-state index >= 15 is 0 Å². The fourth-order valence-corrected chi connectivity index (χ4v) is 2.01. The third kappa shape index (κ3) is 2.08. The van der Waals surface area contributed by atoms with E-state index < -0.39 is 0 Å². The number of nitrogen functional groups attached to an aromatic ring is 1. The van der Waals surface area contributed by atoms with Crippen molar-refractivity contribution in [2.75, 3.05) is 5.73 Å². The van der Waals surface area contributed by atoms with Crippen molar-refractivity contribution in [1.29, 1.82) is 0 Å². The van der Waals surface area contributed by atoms with E-state index in [2.05, 4.69) is 10.1 Å². The first-order valence-electron chi connectivity index (χ1n) is 6.00. The molecule has 2 aromatic carbocycles. The van der Waals surface area contributed by atoms with Crippen LogP contribution in [0, 0.1) is 6.92 Å². The molecule has 19 heavy (non-hydrogen) atoms. The van der Waals surface area contributed by atoms with Gasteiger partial charge >= 0.3 is 0 Å². The number of aromatic nitrogens is 2. The van der Waals surface area contributed by atoms with E-state index in [1.54, 1.807) is 0 Å². The molecule has 4 heteroatoms. The van der Waals surface area contributed by atoms with Crippen LogP contribution in [-0.4, -0.2) is 10.1 Å². The molecule has 0 amide bonds. The lowest BCUT2D eigenvalue weighted by molar-refractivity contribution is 0.432. The van der Waals surface area contributed by atoms with Gasteiger partial charge in [0.05, 0.1) is 5.56 Å². The van der Waals surface area contributed by atoms with Crippen LogP contribution < -0.4 is 5.73 Å². The second kappa shape index (κ2) is 4.57. The summed E-state index contributed by atoms with van der Waals surface area (Å²) in [5.41, 5.74) is 9.36. The van der Waals surface area contributed by atoms with E-state index in [-0.39, 0.29) is 0 Å². The molecule has 0 radical (unpaired) electrons. The van der Waals surface area contributed by atoms with Crippen LogP contribution >= 0.6 is 0 Å². The maximum Gasteiger partial charge on any atom is 0.260 e. The zero-order valence-electron chi connectivity index (χ0n) is 10.5. The molecule has 0 aliphatic rings. The fraction of sp³-hybridized carbons (Fsp3) is 0.0667. The first kappa shape index (κ1) is 11.5. The summed E-state index contributed by atoms with van der Waals surface area (Å²) in [4.78, 5) is 4.41. The van der Waals surface area contributed by atoms with Crippen molar-refractivity contribution in [3.05, 3.63) is 54.1 Å². The smallest absolute Gasteiger partial charge is 0.260 e. The Bertz CT molecular complexity index is 684. The van der Waals surface area contributed by atoms with Gasteiger partial charge in [-0.05, 0) is 18.6 Å². The Labute approximate surface area is 110 Å². The summed E-state index contributed by atoms with van der Waals surface area (Å²) < 4.78 is 5.33. The maximum atomic E-state index is 5.97. The Balaban J connectivity index is 2.07. The van der Waals surface area contributed by atoms with Gasteiger partial charge in [-0.15, -0.1) is 0 Å². The van der Waals surface area contributed by atoms with Crippen molar-refractivity contribution in [2.24, 2.45) is 0 Å². The summed E-state index contributed by atoms with van der Waals surface area (Å²) in [6.45, 7) is 1.97. The number of nitrogens with two attached hydrogens (primary N) is 1. The van der Waals surface area contributed by atoms with Crippen LogP contribution in [0.4, 0.5) is 5.69 Å². The fourth-order valence-electron chi connectivity index (χ4n) is 2.01. The van der Waals surface area contributed by atoms with Crippen LogP contribution in [-0.2, 0) is 0 Å². The molecule has 0 bridgehead atoms. The zero-order chi connectivity index (χ0) is 13.2. The third-order valence-corrected chi connectivity index (χ3v) is 2.98. The van der Waals surface area contributed by atoms with Crippen molar-refractivity contribution in [1.82, 2.24) is 10.1 Å². The van der Waals surface area contributed by atoms with Crippen molar-refractivity contribution in [3.63, 3.8) is 0 Å². The Morgan fingerprint density at radius 3 is 2.53 bits per heavy atom. The first-order valence-corrected chi connectivity index (χ1v) is 6.00. The van der Waals surface area contributed by atoms with Gasteiger partial charge in [-0.3, -0.25) is 0 Å². The molecule has 2 N–H and O–H groups in total. The van der Waals surface area contributed by atoms with Crippen molar-refractivity contribution in [2.45, 2.75) is 6.92 Å². The molecule has 3 rings (SSSR count). The van der Waals surface area contributed by atoms with Crippen LogP contribution in [0.2, 0.25) is 0 Å². The molecule has 0 aliphatic heterocycles. The largest absolute Gasteiger partial charge is 0.398 e. The third-order valence-electron chi connectivity index (χ3n) is 2.98. The Kier molecular flexibility index (Phi) is 2.76. The van der Waals surface area contributed by atoms with Gasteiger partial charge < -0.3 is 10.3 Å². The number of anilines is 1. The van der Waals surface area contributed by atoms with E-state index in [9.17, 15) is 0 Å². The molecule has 0 saturated heterocycles. The van der Waals surface area contributed by atoms with E-state index in [0.29, 0.717) is 17.4 Å². The van der Waals surface area contributed by atoms with Gasteiger partial charge in [-0.25, -0.2) is 0 Å². The average Bonchev–Trinajstić information content (AvgIpc) is 2.89. The quantitative estimate of drug-likeness (QED) is 0.710. The van der Waals surface area contributed by atoms with Gasteiger partial charge in [0.1, 0.15) is 0 Å². The number of nitrogens with zero attached hydrogens (tertiary/aromatic N) is 2. The van der Waals surface area contributed by atoms with Gasteiger partial charge in [0, 0.05) is 11.3 Å². The second-order valence-corrected chi connectivity index (χ2v) is 4.33. The predicted octanol–water partition coefficient (Wildman–Crippen LogP) is 3.29. The standard InChI is InChI=1S/C15H13N3O/c1-10-6-5-9-12(16)13(10)15-17-14(18-19-15)11-7-3-2-4-8-11/h2-9H,16H2,1H3. The molecule has 0 spiro atoms. The molecule has 0 fully saturated rings. The van der Waals surface area contributed by atoms with E-state index in [4.69, 9.17) is 10.3 Å². The topological polar surface area (TPSA) is 64.9 Å². The highest BCUT2D eigenvalue weighted by Crippen LogP contribution is 2.29. The second-order valence-electron chi connectivity index (χ2n) is 4.33. The molecule has 94 valence electrons. The van der Waals surface area contributed by atoms with Crippen LogP contribution in [0.1, 0.15) is 5.56 Å². The molecule has 0 saturated carbocycles. The normalized spacial score (nSPS) is 10.6. The maximum absolute atomic E-state index is 5.97. The van der Waals surface area contributed by atoms with Gasteiger partial charge in [0.25, 0.3) is 5.89 Å². The van der Waals surface area contributed by atoms with Crippen LogP contribution in [0.3, 0.4) is 0 Å². The zero-order valence-corrected chi connectivity index (χ0v) is 10.5. The molecule has 3 aromatic rings. The highest BCUT2D eigenvalue weighted by molar-refractivity contribution is 5.74. The van der Waals surface area contributed by atoms with Crippen molar-refractivity contribution >= 4 is 5.69 Å². The molecule has 0 aliphatic carbocycles. The van der Waals surface area contributed by atoms with Crippen molar-refractivity contribution in [3.8, 4) is 22.8 Å². The minimum Gasteiger partial charge on any atom is -0.398 e. The number of rotatable bonds is 2.